The summed E-state index contributed by atoms with van der Waals surface area (Å²) in [4.78, 5) is 16.3. The highest BCUT2D eigenvalue weighted by atomic mass is 19.1. The number of halogens is 2. The van der Waals surface area contributed by atoms with Gasteiger partial charge in [0.15, 0.2) is 0 Å². The topological polar surface area (TPSA) is 53.4 Å². The maximum absolute atomic E-state index is 13.9. The largest absolute Gasteiger partial charge is 0.478 e. The van der Waals surface area contributed by atoms with Crippen LogP contribution in [0.2, 0.25) is 0 Å². The molecule has 1 aromatic carbocycles. The molecule has 2 rings (SSSR count). The molecule has 1 heterocycles. The smallest absolute Gasteiger partial charge is 0.335 e. The number of pyridine rings is 1. The minimum atomic E-state index is -1.37. The summed E-state index contributed by atoms with van der Waals surface area (Å²) in [6.07, 6.45) is 2.18. The number of rotatable bonds is 5. The average Bonchev–Trinajstić information content (AvgIpc) is 2.45. The van der Waals surface area contributed by atoms with Gasteiger partial charge in [-0.1, -0.05) is 6.07 Å². The van der Waals surface area contributed by atoms with Crippen LogP contribution in [0.3, 0.4) is 0 Å². The summed E-state index contributed by atoms with van der Waals surface area (Å²) < 4.78 is 27.8. The summed E-state index contributed by atoms with van der Waals surface area (Å²) in [6, 6.07) is 7.09. The lowest BCUT2D eigenvalue weighted by atomic mass is 10.1. The van der Waals surface area contributed by atoms with Crippen LogP contribution in [0.25, 0.3) is 0 Å². The number of benzene rings is 1. The number of hydrogen-bond donors (Lipinski definition) is 1. The van der Waals surface area contributed by atoms with Crippen LogP contribution in [-0.4, -0.2) is 29.7 Å². The van der Waals surface area contributed by atoms with Crippen LogP contribution in [0.4, 0.5) is 14.5 Å². The van der Waals surface area contributed by atoms with Crippen LogP contribution >= 0.6 is 0 Å². The zero-order valence-electron chi connectivity index (χ0n) is 11.4. The molecule has 0 spiro atoms. The molecule has 0 aliphatic carbocycles. The monoisotopic (exact) mass is 292 g/mol. The first-order valence-electron chi connectivity index (χ1n) is 6.32. The van der Waals surface area contributed by atoms with Crippen molar-refractivity contribution in [1.82, 2.24) is 4.98 Å². The lowest BCUT2D eigenvalue weighted by Gasteiger charge is -2.20. The van der Waals surface area contributed by atoms with Crippen molar-refractivity contribution in [2.45, 2.75) is 6.42 Å². The van der Waals surface area contributed by atoms with Crippen molar-refractivity contribution < 1.29 is 18.7 Å². The number of aromatic carboxylic acids is 1. The van der Waals surface area contributed by atoms with Crippen LogP contribution in [0.15, 0.2) is 36.5 Å². The second-order valence-electron chi connectivity index (χ2n) is 4.59. The predicted molar refractivity (Wildman–Crippen MR) is 74.5 cm³/mol. The Morgan fingerprint density at radius 2 is 1.95 bits per heavy atom. The third-order valence-electron chi connectivity index (χ3n) is 3.08. The summed E-state index contributed by atoms with van der Waals surface area (Å²) >= 11 is 0. The van der Waals surface area contributed by atoms with Gasteiger partial charge in [-0.15, -0.1) is 0 Å². The first kappa shape index (κ1) is 14.9. The van der Waals surface area contributed by atoms with Gasteiger partial charge in [0, 0.05) is 31.9 Å². The summed E-state index contributed by atoms with van der Waals surface area (Å²) in [7, 11) is 1.55. The molecule has 6 heteroatoms. The quantitative estimate of drug-likeness (QED) is 0.920. The molecule has 0 aliphatic rings. The highest BCUT2D eigenvalue weighted by Crippen LogP contribution is 2.24. The molecule has 4 nitrogen and oxygen atoms in total. The lowest BCUT2D eigenvalue weighted by molar-refractivity contribution is 0.0695. The van der Waals surface area contributed by atoms with Crippen molar-refractivity contribution in [2.75, 3.05) is 18.5 Å². The maximum Gasteiger partial charge on any atom is 0.335 e. The molecule has 0 aliphatic heterocycles. The molecule has 0 saturated carbocycles. The molecule has 0 bridgehead atoms. The third-order valence-corrected chi connectivity index (χ3v) is 3.08. The van der Waals surface area contributed by atoms with Crippen LogP contribution in [0.5, 0.6) is 0 Å². The third kappa shape index (κ3) is 3.53. The molecule has 0 amide bonds. The molecule has 0 saturated heterocycles. The Morgan fingerprint density at radius 3 is 2.48 bits per heavy atom. The number of likely N-dealkylation sites (N-methyl/N-ethyl adjacent to an activating group) is 1. The molecular formula is C15H14F2N2O2. The number of nitrogens with zero attached hydrogens (tertiary/aromatic N) is 2. The SMILES string of the molecule is CN(CCc1ccccn1)c1c(F)cc(C(=O)O)cc1F. The number of carboxylic acid groups (broad SMARTS) is 1. The van der Waals surface area contributed by atoms with Gasteiger partial charge in [0.05, 0.1) is 5.56 Å². The van der Waals surface area contributed by atoms with Gasteiger partial charge in [0.2, 0.25) is 0 Å². The Kier molecular flexibility index (Phi) is 4.47. The predicted octanol–water partition coefficient (Wildman–Crippen LogP) is 2.74. The summed E-state index contributed by atoms with van der Waals surface area (Å²) in [5.41, 5.74) is 0.162. The van der Waals surface area contributed by atoms with E-state index in [0.717, 1.165) is 17.8 Å². The van der Waals surface area contributed by atoms with Gasteiger partial charge >= 0.3 is 5.97 Å². The van der Waals surface area contributed by atoms with Gasteiger partial charge in [-0.25, -0.2) is 13.6 Å². The van der Waals surface area contributed by atoms with Crippen molar-refractivity contribution in [1.29, 1.82) is 0 Å². The van der Waals surface area contributed by atoms with Crippen molar-refractivity contribution in [3.05, 3.63) is 59.4 Å². The van der Waals surface area contributed by atoms with E-state index in [1.54, 1.807) is 19.3 Å². The summed E-state index contributed by atoms with van der Waals surface area (Å²) in [5, 5.41) is 8.76. The van der Waals surface area contributed by atoms with Gasteiger partial charge in [-0.05, 0) is 24.3 Å². The molecule has 110 valence electrons. The zero-order chi connectivity index (χ0) is 15.4. The van der Waals surface area contributed by atoms with Gasteiger partial charge in [-0.2, -0.15) is 0 Å². The Bertz CT molecular complexity index is 624. The Morgan fingerprint density at radius 1 is 1.29 bits per heavy atom. The normalized spacial score (nSPS) is 10.4. The van der Waals surface area contributed by atoms with Crippen LogP contribution < -0.4 is 4.90 Å². The molecule has 1 N–H and O–H groups in total. The molecule has 1 aromatic heterocycles. The standard InChI is InChI=1S/C15H14F2N2O2/c1-19(7-5-11-4-2-3-6-18-11)14-12(16)8-10(15(20)21)9-13(14)17/h2-4,6,8-9H,5,7H2,1H3,(H,20,21). The number of hydrogen-bond acceptors (Lipinski definition) is 3. The van der Waals surface area contributed by atoms with E-state index in [9.17, 15) is 13.6 Å². The van der Waals surface area contributed by atoms with Crippen molar-refractivity contribution in [2.24, 2.45) is 0 Å². The number of carboxylic acids is 1. The Labute approximate surface area is 120 Å². The van der Waals surface area contributed by atoms with E-state index in [1.807, 2.05) is 12.1 Å². The van der Waals surface area contributed by atoms with Crippen LogP contribution in [-0.2, 0) is 6.42 Å². The molecule has 0 atom stereocenters. The lowest BCUT2D eigenvalue weighted by Crippen LogP contribution is -2.23. The van der Waals surface area contributed by atoms with Gasteiger partial charge < -0.3 is 10.0 Å². The molecule has 0 fully saturated rings. The van der Waals surface area contributed by atoms with E-state index in [1.165, 1.54) is 4.90 Å². The second kappa shape index (κ2) is 6.30. The van der Waals surface area contributed by atoms with Crippen molar-refractivity contribution in [3.8, 4) is 0 Å². The van der Waals surface area contributed by atoms with Gasteiger partial charge in [0.25, 0.3) is 0 Å². The minimum Gasteiger partial charge on any atom is -0.478 e. The van der Waals surface area contributed by atoms with Crippen molar-refractivity contribution in [3.63, 3.8) is 0 Å². The maximum atomic E-state index is 13.9. The Hall–Kier alpha value is -2.50. The fourth-order valence-electron chi connectivity index (χ4n) is 1.99. The van der Waals surface area contributed by atoms with Crippen LogP contribution in [0.1, 0.15) is 16.1 Å². The summed E-state index contributed by atoms with van der Waals surface area (Å²) in [5.74, 6) is -3.15. The van der Waals surface area contributed by atoms with E-state index in [0.29, 0.717) is 13.0 Å². The first-order chi connectivity index (χ1) is 9.99. The van der Waals surface area contributed by atoms with E-state index in [-0.39, 0.29) is 5.69 Å². The first-order valence-corrected chi connectivity index (χ1v) is 6.32. The second-order valence-corrected chi connectivity index (χ2v) is 4.59. The molecule has 2 aromatic rings. The number of carbonyl (C=O) groups is 1. The fourth-order valence-corrected chi connectivity index (χ4v) is 1.99. The average molecular weight is 292 g/mol. The highest BCUT2D eigenvalue weighted by Gasteiger charge is 2.17. The van der Waals surface area contributed by atoms with Gasteiger partial charge in [-0.3, -0.25) is 4.98 Å². The minimum absolute atomic E-state index is 0.240. The Balaban J connectivity index is 2.16. The molecule has 21 heavy (non-hydrogen) atoms. The number of aromatic nitrogens is 1. The van der Waals surface area contributed by atoms with E-state index < -0.39 is 23.2 Å². The van der Waals surface area contributed by atoms with E-state index in [4.69, 9.17) is 5.11 Å². The van der Waals surface area contributed by atoms with Gasteiger partial charge in [0.1, 0.15) is 17.3 Å². The molecule has 0 unspecified atom stereocenters. The van der Waals surface area contributed by atoms with E-state index in [2.05, 4.69) is 4.98 Å². The highest BCUT2D eigenvalue weighted by molar-refractivity contribution is 5.88. The summed E-state index contributed by atoms with van der Waals surface area (Å²) in [6.45, 7) is 0.358. The number of anilines is 1. The fraction of sp³-hybridized carbons (Fsp3) is 0.200. The van der Waals surface area contributed by atoms with Crippen LogP contribution in [0, 0.1) is 11.6 Å². The van der Waals surface area contributed by atoms with Crippen molar-refractivity contribution >= 4 is 11.7 Å². The molecular weight excluding hydrogens is 278 g/mol. The molecule has 0 radical (unpaired) electrons. The van der Waals surface area contributed by atoms with E-state index >= 15 is 0 Å². The zero-order valence-corrected chi connectivity index (χ0v) is 11.4.